The number of hydrogen-bond acceptors (Lipinski definition) is 2. The standard InChI is InChI=1S/C9H5BrFNO/c10-8-7(1-3-12-9(8)11)6-2-4-13-5-6/h1-5H. The molecule has 13 heavy (non-hydrogen) atoms. The molecule has 2 nitrogen and oxygen atoms in total. The van der Waals surface area contributed by atoms with Crippen LogP contribution in [0.15, 0.2) is 39.7 Å². The van der Waals surface area contributed by atoms with Crippen LogP contribution in [0.1, 0.15) is 0 Å². The van der Waals surface area contributed by atoms with Crippen LogP contribution in [0, 0.1) is 5.95 Å². The zero-order valence-corrected chi connectivity index (χ0v) is 8.08. The van der Waals surface area contributed by atoms with Gasteiger partial charge in [0.2, 0.25) is 5.95 Å². The molecular formula is C9H5BrFNO. The van der Waals surface area contributed by atoms with Gasteiger partial charge in [0.1, 0.15) is 0 Å². The van der Waals surface area contributed by atoms with Crippen molar-refractivity contribution in [1.29, 1.82) is 0 Å². The van der Waals surface area contributed by atoms with Gasteiger partial charge in [-0.1, -0.05) is 0 Å². The van der Waals surface area contributed by atoms with E-state index in [4.69, 9.17) is 4.42 Å². The highest BCUT2D eigenvalue weighted by molar-refractivity contribution is 9.10. The van der Waals surface area contributed by atoms with Crippen molar-refractivity contribution >= 4 is 15.9 Å². The Hall–Kier alpha value is -1.16. The Morgan fingerprint density at radius 1 is 1.38 bits per heavy atom. The van der Waals surface area contributed by atoms with Crippen LogP contribution in [-0.4, -0.2) is 4.98 Å². The van der Waals surface area contributed by atoms with E-state index in [2.05, 4.69) is 20.9 Å². The first kappa shape index (κ1) is 8.44. The Morgan fingerprint density at radius 2 is 2.23 bits per heavy atom. The van der Waals surface area contributed by atoms with Crippen molar-refractivity contribution in [3.63, 3.8) is 0 Å². The SMILES string of the molecule is Fc1nccc(-c2ccoc2)c1Br. The molecule has 0 radical (unpaired) electrons. The summed E-state index contributed by atoms with van der Waals surface area (Å²) in [6.07, 6.45) is 4.52. The molecule has 0 aliphatic heterocycles. The van der Waals surface area contributed by atoms with Crippen LogP contribution in [-0.2, 0) is 0 Å². The molecule has 0 saturated carbocycles. The molecule has 2 rings (SSSR count). The molecule has 0 aromatic carbocycles. The first-order chi connectivity index (χ1) is 6.29. The summed E-state index contributed by atoms with van der Waals surface area (Å²) >= 11 is 3.12. The number of rotatable bonds is 1. The first-order valence-electron chi connectivity index (χ1n) is 3.61. The van der Waals surface area contributed by atoms with Gasteiger partial charge in [-0.25, -0.2) is 4.98 Å². The zero-order chi connectivity index (χ0) is 9.26. The van der Waals surface area contributed by atoms with E-state index in [1.165, 1.54) is 6.20 Å². The third-order valence-electron chi connectivity index (χ3n) is 1.68. The number of aromatic nitrogens is 1. The summed E-state index contributed by atoms with van der Waals surface area (Å²) in [5.74, 6) is -0.515. The summed E-state index contributed by atoms with van der Waals surface area (Å²) in [5, 5.41) is 0. The van der Waals surface area contributed by atoms with Crippen molar-refractivity contribution in [2.24, 2.45) is 0 Å². The summed E-state index contributed by atoms with van der Waals surface area (Å²) in [7, 11) is 0. The molecule has 4 heteroatoms. The molecular weight excluding hydrogens is 237 g/mol. The summed E-state index contributed by atoms with van der Waals surface area (Å²) < 4.78 is 18.2. The molecule has 0 saturated heterocycles. The highest BCUT2D eigenvalue weighted by atomic mass is 79.9. The maximum absolute atomic E-state index is 13.0. The summed E-state index contributed by atoms with van der Waals surface area (Å²) in [4.78, 5) is 3.51. The lowest BCUT2D eigenvalue weighted by atomic mass is 10.1. The molecule has 66 valence electrons. The van der Waals surface area contributed by atoms with Crippen LogP contribution in [0.4, 0.5) is 4.39 Å². The first-order valence-corrected chi connectivity index (χ1v) is 4.41. The monoisotopic (exact) mass is 241 g/mol. The van der Waals surface area contributed by atoms with Crippen LogP contribution < -0.4 is 0 Å². The molecule has 0 unspecified atom stereocenters. The Kier molecular flexibility index (Phi) is 2.14. The number of pyridine rings is 1. The minimum Gasteiger partial charge on any atom is -0.472 e. The van der Waals surface area contributed by atoms with E-state index >= 15 is 0 Å². The van der Waals surface area contributed by atoms with Gasteiger partial charge in [0.15, 0.2) is 0 Å². The molecule has 0 N–H and O–H groups in total. The molecule has 2 heterocycles. The number of hydrogen-bond donors (Lipinski definition) is 0. The van der Waals surface area contributed by atoms with Crippen molar-refractivity contribution in [3.8, 4) is 11.1 Å². The van der Waals surface area contributed by atoms with Gasteiger partial charge in [-0.2, -0.15) is 4.39 Å². The summed E-state index contributed by atoms with van der Waals surface area (Å²) in [6.45, 7) is 0. The number of nitrogens with zero attached hydrogens (tertiary/aromatic N) is 1. The van der Waals surface area contributed by atoms with Gasteiger partial charge < -0.3 is 4.42 Å². The predicted octanol–water partition coefficient (Wildman–Crippen LogP) is 3.24. The molecule has 0 atom stereocenters. The van der Waals surface area contributed by atoms with Gasteiger partial charge in [0, 0.05) is 17.3 Å². The van der Waals surface area contributed by atoms with E-state index < -0.39 is 5.95 Å². The Labute approximate surface area is 82.5 Å². The van der Waals surface area contributed by atoms with Gasteiger partial charge >= 0.3 is 0 Å². The topological polar surface area (TPSA) is 26.0 Å². The second-order valence-corrected chi connectivity index (χ2v) is 3.27. The normalized spacial score (nSPS) is 10.3. The van der Waals surface area contributed by atoms with Crippen molar-refractivity contribution < 1.29 is 8.81 Å². The molecule has 0 bridgehead atoms. The van der Waals surface area contributed by atoms with Gasteiger partial charge in [-0.3, -0.25) is 0 Å². The van der Waals surface area contributed by atoms with E-state index in [0.29, 0.717) is 4.47 Å². The highest BCUT2D eigenvalue weighted by Crippen LogP contribution is 2.29. The van der Waals surface area contributed by atoms with Crippen molar-refractivity contribution in [3.05, 3.63) is 41.3 Å². The maximum atomic E-state index is 13.0. The van der Waals surface area contributed by atoms with E-state index in [0.717, 1.165) is 11.1 Å². The predicted molar refractivity (Wildman–Crippen MR) is 49.6 cm³/mol. The van der Waals surface area contributed by atoms with E-state index in [1.807, 2.05) is 0 Å². The Morgan fingerprint density at radius 3 is 2.92 bits per heavy atom. The third kappa shape index (κ3) is 1.49. The van der Waals surface area contributed by atoms with Crippen molar-refractivity contribution in [2.45, 2.75) is 0 Å². The maximum Gasteiger partial charge on any atom is 0.227 e. The van der Waals surface area contributed by atoms with Gasteiger partial charge in [0.25, 0.3) is 0 Å². The molecule has 0 spiro atoms. The quantitative estimate of drug-likeness (QED) is 0.717. The van der Waals surface area contributed by atoms with Crippen LogP contribution >= 0.6 is 15.9 Å². The van der Waals surface area contributed by atoms with Crippen LogP contribution in [0.5, 0.6) is 0 Å². The van der Waals surface area contributed by atoms with E-state index in [1.54, 1.807) is 24.7 Å². The Balaban J connectivity index is 2.59. The fourth-order valence-corrected chi connectivity index (χ4v) is 1.52. The molecule has 0 aliphatic rings. The lowest BCUT2D eigenvalue weighted by Crippen LogP contribution is -1.86. The van der Waals surface area contributed by atoms with Crippen LogP contribution in [0.2, 0.25) is 0 Å². The van der Waals surface area contributed by atoms with Gasteiger partial charge in [0.05, 0.1) is 17.0 Å². The second kappa shape index (κ2) is 3.30. The number of halogens is 2. The average Bonchev–Trinajstić information content (AvgIpc) is 2.62. The highest BCUT2D eigenvalue weighted by Gasteiger charge is 2.08. The third-order valence-corrected chi connectivity index (χ3v) is 2.43. The minimum atomic E-state index is -0.515. The molecule has 0 fully saturated rings. The molecule has 2 aromatic heterocycles. The Bertz CT molecular complexity index is 414. The number of furan rings is 1. The van der Waals surface area contributed by atoms with Crippen LogP contribution in [0.25, 0.3) is 11.1 Å². The lowest BCUT2D eigenvalue weighted by molar-refractivity contribution is 0.567. The van der Waals surface area contributed by atoms with E-state index in [9.17, 15) is 4.39 Å². The van der Waals surface area contributed by atoms with Crippen molar-refractivity contribution in [2.75, 3.05) is 0 Å². The van der Waals surface area contributed by atoms with Gasteiger partial charge in [-0.15, -0.1) is 0 Å². The molecule has 0 amide bonds. The fraction of sp³-hybridized carbons (Fsp3) is 0. The lowest BCUT2D eigenvalue weighted by Gasteiger charge is -2.00. The van der Waals surface area contributed by atoms with Crippen molar-refractivity contribution in [1.82, 2.24) is 4.98 Å². The zero-order valence-electron chi connectivity index (χ0n) is 6.50. The summed E-state index contributed by atoms with van der Waals surface area (Å²) in [5.41, 5.74) is 1.56. The molecule has 0 aliphatic carbocycles. The second-order valence-electron chi connectivity index (χ2n) is 2.48. The minimum absolute atomic E-state index is 0.358. The largest absolute Gasteiger partial charge is 0.472 e. The summed E-state index contributed by atoms with van der Waals surface area (Å²) in [6, 6.07) is 3.48. The fourth-order valence-electron chi connectivity index (χ4n) is 1.06. The smallest absolute Gasteiger partial charge is 0.227 e. The average molecular weight is 242 g/mol. The van der Waals surface area contributed by atoms with Crippen LogP contribution in [0.3, 0.4) is 0 Å². The van der Waals surface area contributed by atoms with Gasteiger partial charge in [-0.05, 0) is 28.1 Å². The molecule has 2 aromatic rings. The van der Waals surface area contributed by atoms with E-state index in [-0.39, 0.29) is 0 Å².